The average Bonchev–Trinajstić information content (AvgIpc) is 2.46. The summed E-state index contributed by atoms with van der Waals surface area (Å²) in [5.74, 6) is -0.811. The van der Waals surface area contributed by atoms with Crippen molar-refractivity contribution in [3.63, 3.8) is 0 Å². The number of imide groups is 1. The van der Waals surface area contributed by atoms with Gasteiger partial charge in [-0.1, -0.05) is 6.07 Å². The summed E-state index contributed by atoms with van der Waals surface area (Å²) in [6, 6.07) is 3.43. The van der Waals surface area contributed by atoms with E-state index in [2.05, 4.69) is 16.0 Å². The predicted molar refractivity (Wildman–Crippen MR) is 76.6 cm³/mol. The maximum Gasteiger partial charge on any atom is 0.321 e. The minimum Gasteiger partial charge on any atom is -0.480 e. The summed E-state index contributed by atoms with van der Waals surface area (Å²) in [4.78, 5) is 22.8. The lowest BCUT2D eigenvalue weighted by molar-refractivity contribution is -0.126. The number of ether oxygens (including phenoxy) is 1. The zero-order valence-corrected chi connectivity index (χ0v) is 12.5. The van der Waals surface area contributed by atoms with Crippen LogP contribution in [0.25, 0.3) is 0 Å². The summed E-state index contributed by atoms with van der Waals surface area (Å²) in [6.45, 7) is 3.37. The van der Waals surface area contributed by atoms with Crippen LogP contribution in [0.4, 0.5) is 9.18 Å². The van der Waals surface area contributed by atoms with Crippen molar-refractivity contribution >= 4 is 11.9 Å². The van der Waals surface area contributed by atoms with Crippen LogP contribution in [0.1, 0.15) is 25.5 Å². The molecular weight excluding hydrogens is 277 g/mol. The van der Waals surface area contributed by atoms with Crippen molar-refractivity contribution < 1.29 is 18.7 Å². The molecule has 2 atom stereocenters. The van der Waals surface area contributed by atoms with Gasteiger partial charge in [0.15, 0.2) is 6.10 Å². The van der Waals surface area contributed by atoms with Gasteiger partial charge in [0.05, 0.1) is 0 Å². The number of amides is 3. The number of nitrogens with one attached hydrogen (secondary N) is 3. The highest BCUT2D eigenvalue weighted by molar-refractivity contribution is 5.96. The van der Waals surface area contributed by atoms with Crippen LogP contribution >= 0.6 is 0 Å². The predicted octanol–water partition coefficient (Wildman–Crippen LogP) is 1.33. The SMILES string of the molecule is CNC(=O)NC(=O)C(C)Oc1cc(F)ccc1C(C)NC. The van der Waals surface area contributed by atoms with Gasteiger partial charge in [0.25, 0.3) is 5.91 Å². The largest absolute Gasteiger partial charge is 0.480 e. The molecule has 0 fully saturated rings. The van der Waals surface area contributed by atoms with Gasteiger partial charge in [-0.2, -0.15) is 0 Å². The summed E-state index contributed by atoms with van der Waals surface area (Å²) in [5, 5.41) is 7.39. The molecule has 1 aromatic rings. The third-order valence-corrected chi connectivity index (χ3v) is 3.01. The number of urea groups is 1. The quantitative estimate of drug-likeness (QED) is 0.766. The molecule has 0 aliphatic rings. The van der Waals surface area contributed by atoms with Gasteiger partial charge in [-0.15, -0.1) is 0 Å². The third kappa shape index (κ3) is 4.71. The van der Waals surface area contributed by atoms with Crippen LogP contribution in [0.3, 0.4) is 0 Å². The topological polar surface area (TPSA) is 79.5 Å². The number of hydrogen-bond acceptors (Lipinski definition) is 4. The van der Waals surface area contributed by atoms with E-state index in [1.54, 1.807) is 13.1 Å². The Kier molecular flexibility index (Phi) is 6.10. The Morgan fingerprint density at radius 2 is 1.90 bits per heavy atom. The van der Waals surface area contributed by atoms with Gasteiger partial charge in [0.2, 0.25) is 0 Å². The Morgan fingerprint density at radius 3 is 2.48 bits per heavy atom. The fraction of sp³-hybridized carbons (Fsp3) is 0.429. The van der Waals surface area contributed by atoms with Gasteiger partial charge in [-0.25, -0.2) is 9.18 Å². The number of hydrogen-bond donors (Lipinski definition) is 3. The van der Waals surface area contributed by atoms with Gasteiger partial charge < -0.3 is 15.4 Å². The summed E-state index contributed by atoms with van der Waals surface area (Å²) >= 11 is 0. The van der Waals surface area contributed by atoms with Gasteiger partial charge in [-0.05, 0) is 27.0 Å². The van der Waals surface area contributed by atoms with E-state index in [-0.39, 0.29) is 11.8 Å². The van der Waals surface area contributed by atoms with Crippen molar-refractivity contribution in [1.82, 2.24) is 16.0 Å². The molecule has 0 bridgehead atoms. The van der Waals surface area contributed by atoms with Crippen molar-refractivity contribution in [1.29, 1.82) is 0 Å². The average molecular weight is 297 g/mol. The first kappa shape index (κ1) is 16.9. The fourth-order valence-electron chi connectivity index (χ4n) is 1.64. The smallest absolute Gasteiger partial charge is 0.321 e. The van der Waals surface area contributed by atoms with E-state index >= 15 is 0 Å². The first-order valence-corrected chi connectivity index (χ1v) is 6.55. The Labute approximate surface area is 123 Å². The van der Waals surface area contributed by atoms with Crippen LogP contribution in [0, 0.1) is 5.82 Å². The van der Waals surface area contributed by atoms with Gasteiger partial charge in [0, 0.05) is 24.7 Å². The molecule has 0 aliphatic heterocycles. The van der Waals surface area contributed by atoms with Crippen molar-refractivity contribution in [3.8, 4) is 5.75 Å². The molecule has 0 saturated carbocycles. The maximum absolute atomic E-state index is 13.4. The summed E-state index contributed by atoms with van der Waals surface area (Å²) in [7, 11) is 3.16. The van der Waals surface area contributed by atoms with Crippen LogP contribution in [-0.2, 0) is 4.79 Å². The van der Waals surface area contributed by atoms with E-state index < -0.39 is 23.9 Å². The molecule has 0 aromatic heterocycles. The molecule has 0 radical (unpaired) electrons. The molecule has 0 heterocycles. The van der Waals surface area contributed by atoms with Crippen molar-refractivity contribution in [2.24, 2.45) is 0 Å². The Hall–Kier alpha value is -2.15. The number of halogens is 1. The lowest BCUT2D eigenvalue weighted by Crippen LogP contribution is -2.44. The molecule has 1 aromatic carbocycles. The van der Waals surface area contributed by atoms with E-state index in [9.17, 15) is 14.0 Å². The lowest BCUT2D eigenvalue weighted by Gasteiger charge is -2.20. The number of carbonyl (C=O) groups is 2. The second-order valence-electron chi connectivity index (χ2n) is 4.52. The molecule has 1 rings (SSSR count). The monoisotopic (exact) mass is 297 g/mol. The van der Waals surface area contributed by atoms with E-state index in [0.717, 1.165) is 5.56 Å². The molecule has 2 unspecified atom stereocenters. The number of rotatable bonds is 5. The standard InChI is InChI=1S/C14H20FN3O3/c1-8(16-3)11-6-5-10(15)7-12(11)21-9(2)13(19)18-14(20)17-4/h5-9,16H,1-4H3,(H2,17,18,19,20). The highest BCUT2D eigenvalue weighted by Gasteiger charge is 2.20. The van der Waals surface area contributed by atoms with Crippen molar-refractivity contribution in [2.75, 3.05) is 14.1 Å². The van der Waals surface area contributed by atoms with Gasteiger partial charge >= 0.3 is 6.03 Å². The Balaban J connectivity index is 2.88. The first-order chi connectivity index (χ1) is 9.88. The van der Waals surface area contributed by atoms with Crippen LogP contribution in [-0.4, -0.2) is 32.1 Å². The van der Waals surface area contributed by atoms with E-state index in [0.29, 0.717) is 0 Å². The van der Waals surface area contributed by atoms with Crippen LogP contribution < -0.4 is 20.7 Å². The van der Waals surface area contributed by atoms with Gasteiger partial charge in [0.1, 0.15) is 11.6 Å². The second kappa shape index (κ2) is 7.58. The number of carbonyl (C=O) groups excluding carboxylic acids is 2. The van der Waals surface area contributed by atoms with Crippen LogP contribution in [0.5, 0.6) is 5.75 Å². The second-order valence-corrected chi connectivity index (χ2v) is 4.52. The molecule has 0 spiro atoms. The molecule has 0 aliphatic carbocycles. The molecule has 0 saturated heterocycles. The summed E-state index contributed by atoms with van der Waals surface area (Å²) < 4.78 is 18.9. The molecule has 21 heavy (non-hydrogen) atoms. The Bertz CT molecular complexity index is 522. The Morgan fingerprint density at radius 1 is 1.24 bits per heavy atom. The molecule has 3 amide bonds. The highest BCUT2D eigenvalue weighted by atomic mass is 19.1. The third-order valence-electron chi connectivity index (χ3n) is 3.01. The highest BCUT2D eigenvalue weighted by Crippen LogP contribution is 2.26. The zero-order chi connectivity index (χ0) is 16.0. The zero-order valence-electron chi connectivity index (χ0n) is 12.5. The maximum atomic E-state index is 13.4. The molecule has 116 valence electrons. The minimum absolute atomic E-state index is 0.0743. The molecular formula is C14H20FN3O3. The summed E-state index contributed by atoms with van der Waals surface area (Å²) in [5.41, 5.74) is 0.721. The van der Waals surface area contributed by atoms with Gasteiger partial charge in [-0.3, -0.25) is 10.1 Å². The normalized spacial score (nSPS) is 13.2. The molecule has 7 heteroatoms. The lowest BCUT2D eigenvalue weighted by atomic mass is 10.1. The van der Waals surface area contributed by atoms with Crippen LogP contribution in [0.15, 0.2) is 18.2 Å². The molecule has 3 N–H and O–H groups in total. The van der Waals surface area contributed by atoms with Crippen LogP contribution in [0.2, 0.25) is 0 Å². The fourth-order valence-corrected chi connectivity index (χ4v) is 1.64. The minimum atomic E-state index is -0.938. The summed E-state index contributed by atoms with van der Waals surface area (Å²) in [6.07, 6.45) is -0.938. The molecule has 6 nitrogen and oxygen atoms in total. The van der Waals surface area contributed by atoms with Crippen molar-refractivity contribution in [2.45, 2.75) is 26.0 Å². The van der Waals surface area contributed by atoms with Crippen molar-refractivity contribution in [3.05, 3.63) is 29.6 Å². The van der Waals surface area contributed by atoms with E-state index in [1.165, 1.54) is 26.1 Å². The van der Waals surface area contributed by atoms with E-state index in [1.807, 2.05) is 6.92 Å². The number of benzene rings is 1. The first-order valence-electron chi connectivity index (χ1n) is 6.55. The van der Waals surface area contributed by atoms with E-state index in [4.69, 9.17) is 4.74 Å².